The molecule has 1 aromatic carbocycles. The molecule has 5 heteroatoms. The molecule has 0 aliphatic carbocycles. The second-order valence-electron chi connectivity index (χ2n) is 4.38. The summed E-state index contributed by atoms with van der Waals surface area (Å²) in [5.41, 5.74) is 0.691. The Bertz CT molecular complexity index is 453. The highest BCUT2D eigenvalue weighted by molar-refractivity contribution is 5.96. The molecule has 1 heterocycles. The van der Waals surface area contributed by atoms with E-state index in [1.54, 1.807) is 12.1 Å². The van der Waals surface area contributed by atoms with Crippen LogP contribution in [0.3, 0.4) is 0 Å². The highest BCUT2D eigenvalue weighted by Gasteiger charge is 2.20. The molecule has 2 rings (SSSR count). The average Bonchev–Trinajstić information content (AvgIpc) is 2.40. The Kier molecular flexibility index (Phi) is 3.94. The first-order chi connectivity index (χ1) is 8.66. The Hall–Kier alpha value is -1.88. The van der Waals surface area contributed by atoms with E-state index >= 15 is 0 Å². The van der Waals surface area contributed by atoms with Crippen LogP contribution in [0.1, 0.15) is 29.6 Å². The molecule has 5 nitrogen and oxygen atoms in total. The summed E-state index contributed by atoms with van der Waals surface area (Å²) in [6.45, 7) is 0.854. The van der Waals surface area contributed by atoms with Gasteiger partial charge in [-0.3, -0.25) is 4.79 Å². The van der Waals surface area contributed by atoms with Gasteiger partial charge in [-0.15, -0.1) is 0 Å². The molecule has 0 spiro atoms. The minimum Gasteiger partial charge on any atom is -0.478 e. The van der Waals surface area contributed by atoms with Crippen molar-refractivity contribution in [1.29, 1.82) is 0 Å². The summed E-state index contributed by atoms with van der Waals surface area (Å²) in [6.07, 6.45) is 2.96. The molecular weight excluding hydrogens is 232 g/mol. The Balaban J connectivity index is 2.02. The van der Waals surface area contributed by atoms with Crippen molar-refractivity contribution in [3.8, 4) is 0 Å². The van der Waals surface area contributed by atoms with Gasteiger partial charge in [-0.05, 0) is 37.6 Å². The van der Waals surface area contributed by atoms with E-state index < -0.39 is 5.97 Å². The number of carbonyl (C=O) groups excluding carboxylic acids is 1. The van der Waals surface area contributed by atoms with Gasteiger partial charge < -0.3 is 15.7 Å². The van der Waals surface area contributed by atoms with E-state index in [0.717, 1.165) is 25.8 Å². The lowest BCUT2D eigenvalue weighted by atomic mass is 10.0. The van der Waals surface area contributed by atoms with Gasteiger partial charge in [0.2, 0.25) is 5.91 Å². The average molecular weight is 248 g/mol. The van der Waals surface area contributed by atoms with Gasteiger partial charge >= 0.3 is 5.97 Å². The molecule has 1 aliphatic heterocycles. The summed E-state index contributed by atoms with van der Waals surface area (Å²) >= 11 is 0. The lowest BCUT2D eigenvalue weighted by molar-refractivity contribution is -0.118. The van der Waals surface area contributed by atoms with Gasteiger partial charge in [0.25, 0.3) is 0 Å². The van der Waals surface area contributed by atoms with Crippen LogP contribution in [0.4, 0.5) is 5.69 Å². The molecule has 1 aromatic rings. The zero-order chi connectivity index (χ0) is 13.0. The third-order valence-electron chi connectivity index (χ3n) is 3.00. The molecule has 0 aromatic heterocycles. The van der Waals surface area contributed by atoms with Crippen molar-refractivity contribution in [1.82, 2.24) is 5.32 Å². The van der Waals surface area contributed by atoms with E-state index in [9.17, 15) is 9.59 Å². The fourth-order valence-electron chi connectivity index (χ4n) is 2.03. The van der Waals surface area contributed by atoms with Crippen molar-refractivity contribution in [3.63, 3.8) is 0 Å². The van der Waals surface area contributed by atoms with Crippen LogP contribution in [0, 0.1) is 0 Å². The largest absolute Gasteiger partial charge is 0.478 e. The van der Waals surface area contributed by atoms with Crippen molar-refractivity contribution < 1.29 is 14.7 Å². The molecule has 1 atom stereocenters. The number of aromatic carboxylic acids is 1. The van der Waals surface area contributed by atoms with Crippen LogP contribution in [0.5, 0.6) is 0 Å². The Morgan fingerprint density at radius 2 is 2.17 bits per heavy atom. The van der Waals surface area contributed by atoms with E-state index in [1.165, 1.54) is 12.1 Å². The maximum atomic E-state index is 11.9. The standard InChI is InChI=1S/C13H16N2O3/c16-12(11-6-1-2-7-14-11)15-10-5-3-4-9(8-10)13(17)18/h3-5,8,11,14H,1-2,6-7H2,(H,15,16)(H,17,18)/t11-/m1/s1. The van der Waals surface area contributed by atoms with Crippen molar-refractivity contribution >= 4 is 17.6 Å². The van der Waals surface area contributed by atoms with Gasteiger partial charge in [-0.2, -0.15) is 0 Å². The summed E-state index contributed by atoms with van der Waals surface area (Å²) < 4.78 is 0. The van der Waals surface area contributed by atoms with Gasteiger partial charge in [-0.1, -0.05) is 12.5 Å². The van der Waals surface area contributed by atoms with Crippen molar-refractivity contribution in [2.24, 2.45) is 0 Å². The molecule has 1 saturated heterocycles. The minimum absolute atomic E-state index is 0.0998. The molecule has 0 bridgehead atoms. The first-order valence-corrected chi connectivity index (χ1v) is 6.04. The van der Waals surface area contributed by atoms with E-state index in [1.807, 2.05) is 0 Å². The third-order valence-corrected chi connectivity index (χ3v) is 3.00. The lowest BCUT2D eigenvalue weighted by Gasteiger charge is -2.22. The summed E-state index contributed by atoms with van der Waals surface area (Å²) in [4.78, 5) is 22.7. The zero-order valence-corrected chi connectivity index (χ0v) is 9.98. The first-order valence-electron chi connectivity index (χ1n) is 6.04. The van der Waals surface area contributed by atoms with Crippen LogP contribution in [-0.4, -0.2) is 29.6 Å². The monoisotopic (exact) mass is 248 g/mol. The van der Waals surface area contributed by atoms with Gasteiger partial charge in [0.05, 0.1) is 11.6 Å². The number of carboxylic acid groups (broad SMARTS) is 1. The van der Waals surface area contributed by atoms with Gasteiger partial charge in [0.1, 0.15) is 0 Å². The number of carbonyl (C=O) groups is 2. The SMILES string of the molecule is O=C(O)c1cccc(NC(=O)[C@H]2CCCCN2)c1. The second-order valence-corrected chi connectivity index (χ2v) is 4.38. The van der Waals surface area contributed by atoms with Crippen molar-refractivity contribution in [3.05, 3.63) is 29.8 Å². The summed E-state index contributed by atoms with van der Waals surface area (Å²) in [5.74, 6) is -1.10. The van der Waals surface area contributed by atoms with E-state index in [2.05, 4.69) is 10.6 Å². The number of piperidine rings is 1. The normalized spacial score (nSPS) is 19.2. The maximum absolute atomic E-state index is 11.9. The number of hydrogen-bond acceptors (Lipinski definition) is 3. The molecule has 0 saturated carbocycles. The minimum atomic E-state index is -0.998. The number of hydrogen-bond donors (Lipinski definition) is 3. The Morgan fingerprint density at radius 1 is 1.33 bits per heavy atom. The van der Waals surface area contributed by atoms with Crippen LogP contribution in [0.2, 0.25) is 0 Å². The fraction of sp³-hybridized carbons (Fsp3) is 0.385. The van der Waals surface area contributed by atoms with Crippen molar-refractivity contribution in [2.75, 3.05) is 11.9 Å². The van der Waals surface area contributed by atoms with Crippen LogP contribution < -0.4 is 10.6 Å². The molecule has 3 N–H and O–H groups in total. The zero-order valence-electron chi connectivity index (χ0n) is 9.98. The topological polar surface area (TPSA) is 78.4 Å². The summed E-state index contributed by atoms with van der Waals surface area (Å²) in [6, 6.07) is 6.09. The highest BCUT2D eigenvalue weighted by Crippen LogP contribution is 2.13. The maximum Gasteiger partial charge on any atom is 0.335 e. The number of rotatable bonds is 3. The van der Waals surface area contributed by atoms with E-state index in [4.69, 9.17) is 5.11 Å². The smallest absolute Gasteiger partial charge is 0.335 e. The van der Waals surface area contributed by atoms with E-state index in [-0.39, 0.29) is 17.5 Å². The Morgan fingerprint density at radius 3 is 2.83 bits per heavy atom. The van der Waals surface area contributed by atoms with Crippen LogP contribution in [0.15, 0.2) is 24.3 Å². The van der Waals surface area contributed by atoms with Gasteiger partial charge in [-0.25, -0.2) is 4.79 Å². The van der Waals surface area contributed by atoms with Gasteiger partial charge in [0, 0.05) is 5.69 Å². The van der Waals surface area contributed by atoms with Crippen LogP contribution >= 0.6 is 0 Å². The van der Waals surface area contributed by atoms with Gasteiger partial charge in [0.15, 0.2) is 0 Å². The predicted octanol–water partition coefficient (Wildman–Crippen LogP) is 1.47. The highest BCUT2D eigenvalue weighted by atomic mass is 16.4. The predicted molar refractivity (Wildman–Crippen MR) is 67.7 cm³/mol. The molecular formula is C13H16N2O3. The quantitative estimate of drug-likeness (QED) is 0.756. The molecule has 0 unspecified atom stereocenters. The Labute approximate surface area is 105 Å². The third kappa shape index (κ3) is 3.07. The number of anilines is 1. The fourth-order valence-corrected chi connectivity index (χ4v) is 2.03. The van der Waals surface area contributed by atoms with Crippen molar-refractivity contribution in [2.45, 2.75) is 25.3 Å². The first kappa shape index (κ1) is 12.6. The molecule has 18 heavy (non-hydrogen) atoms. The summed E-state index contributed by atoms with van der Waals surface area (Å²) in [7, 11) is 0. The molecule has 1 amide bonds. The lowest BCUT2D eigenvalue weighted by Crippen LogP contribution is -2.43. The second kappa shape index (κ2) is 5.64. The molecule has 1 aliphatic rings. The number of nitrogens with one attached hydrogen (secondary N) is 2. The van der Waals surface area contributed by atoms with E-state index in [0.29, 0.717) is 5.69 Å². The number of amides is 1. The summed E-state index contributed by atoms with van der Waals surface area (Å²) in [5, 5.41) is 14.8. The molecule has 1 fully saturated rings. The number of carboxylic acids is 1. The van der Waals surface area contributed by atoms with Crippen LogP contribution in [-0.2, 0) is 4.79 Å². The molecule has 96 valence electrons. The number of benzene rings is 1. The molecule has 0 radical (unpaired) electrons. The van der Waals surface area contributed by atoms with Crippen LogP contribution in [0.25, 0.3) is 0 Å².